The molecule has 1 aliphatic heterocycles. The van der Waals surface area contributed by atoms with Crippen LogP contribution < -0.4 is 21.8 Å². The number of rotatable bonds is 5. The molecule has 0 aliphatic carbocycles. The van der Waals surface area contributed by atoms with Gasteiger partial charge in [0.25, 0.3) is 5.91 Å². The van der Waals surface area contributed by atoms with E-state index in [0.29, 0.717) is 43.8 Å². The van der Waals surface area contributed by atoms with Gasteiger partial charge in [0, 0.05) is 19.2 Å². The standard InChI is InChI=1S/C14H22N6O3.C2H6/c1-3-11(23-16)13(21)17-9(2)10-8-12(15)19-14(18-10)20-4-6-22-7-5-20;1-2/h3,8-9H,4-7,16H2,1-2H3,(H,17,21)(H2,15,18,19);1-2H3/b11-3-;. The van der Waals surface area contributed by atoms with E-state index in [1.165, 1.54) is 6.08 Å². The molecule has 1 aliphatic rings. The summed E-state index contributed by atoms with van der Waals surface area (Å²) in [4.78, 5) is 27.2. The highest BCUT2D eigenvalue weighted by molar-refractivity contribution is 5.91. The smallest absolute Gasteiger partial charge is 0.289 e. The zero-order valence-corrected chi connectivity index (χ0v) is 15.3. The Labute approximate surface area is 148 Å². The van der Waals surface area contributed by atoms with E-state index < -0.39 is 5.91 Å². The van der Waals surface area contributed by atoms with Crippen LogP contribution in [-0.4, -0.2) is 42.2 Å². The van der Waals surface area contributed by atoms with Gasteiger partial charge in [-0.05, 0) is 19.9 Å². The van der Waals surface area contributed by atoms with E-state index in [1.54, 1.807) is 19.9 Å². The number of amides is 1. The number of carbonyl (C=O) groups is 1. The van der Waals surface area contributed by atoms with Gasteiger partial charge in [0.1, 0.15) is 5.82 Å². The Balaban J connectivity index is 0.00000151. The molecule has 0 spiro atoms. The highest BCUT2D eigenvalue weighted by atomic mass is 16.6. The van der Waals surface area contributed by atoms with Crippen LogP contribution in [-0.2, 0) is 14.4 Å². The molecule has 9 heteroatoms. The van der Waals surface area contributed by atoms with Crippen molar-refractivity contribution in [2.45, 2.75) is 33.7 Å². The Morgan fingerprint density at radius 3 is 2.60 bits per heavy atom. The molecule has 1 aromatic rings. The summed E-state index contributed by atoms with van der Waals surface area (Å²) in [5.41, 5.74) is 6.48. The number of nitrogens with one attached hydrogen (secondary N) is 1. The summed E-state index contributed by atoms with van der Waals surface area (Å²) in [5, 5.41) is 2.75. The van der Waals surface area contributed by atoms with E-state index in [0.717, 1.165) is 0 Å². The van der Waals surface area contributed by atoms with Crippen molar-refractivity contribution >= 4 is 17.7 Å². The summed E-state index contributed by atoms with van der Waals surface area (Å²) >= 11 is 0. The Kier molecular flexibility index (Phi) is 8.65. The van der Waals surface area contributed by atoms with Crippen LogP contribution in [0.1, 0.15) is 39.4 Å². The largest absolute Gasteiger partial charge is 0.406 e. The minimum Gasteiger partial charge on any atom is -0.406 e. The molecule has 0 aromatic carbocycles. The van der Waals surface area contributed by atoms with E-state index in [4.69, 9.17) is 16.4 Å². The first-order valence-corrected chi connectivity index (χ1v) is 8.36. The van der Waals surface area contributed by atoms with Crippen LogP contribution in [0.25, 0.3) is 0 Å². The predicted octanol–water partition coefficient (Wildman–Crippen LogP) is 0.893. The normalized spacial score (nSPS) is 15.7. The van der Waals surface area contributed by atoms with Gasteiger partial charge < -0.3 is 25.5 Å². The van der Waals surface area contributed by atoms with Crippen molar-refractivity contribution < 1.29 is 14.4 Å². The second kappa shape index (κ2) is 10.5. The highest BCUT2D eigenvalue weighted by Gasteiger charge is 2.19. The van der Waals surface area contributed by atoms with Crippen molar-refractivity contribution in [1.29, 1.82) is 0 Å². The highest BCUT2D eigenvalue weighted by Crippen LogP contribution is 2.18. The maximum atomic E-state index is 12.0. The van der Waals surface area contributed by atoms with Crippen LogP contribution in [0.2, 0.25) is 0 Å². The summed E-state index contributed by atoms with van der Waals surface area (Å²) < 4.78 is 5.32. The number of nitrogen functional groups attached to an aromatic ring is 1. The SMILES string of the molecule is C/C=C(\ON)C(=O)NC(C)c1cc(N)nc(N2CCOCC2)n1.CC. The fourth-order valence-electron chi connectivity index (χ4n) is 2.19. The number of anilines is 2. The summed E-state index contributed by atoms with van der Waals surface area (Å²) in [7, 11) is 0. The third kappa shape index (κ3) is 5.87. The fraction of sp³-hybridized carbons (Fsp3) is 0.562. The topological polar surface area (TPSA) is 129 Å². The number of nitrogens with zero attached hydrogens (tertiary/aromatic N) is 3. The summed E-state index contributed by atoms with van der Waals surface area (Å²) in [6, 6.07) is 1.26. The third-order valence-corrected chi connectivity index (χ3v) is 3.45. The first kappa shape index (κ1) is 20.7. The predicted molar refractivity (Wildman–Crippen MR) is 96.4 cm³/mol. The molecule has 0 bridgehead atoms. The Morgan fingerprint density at radius 1 is 1.40 bits per heavy atom. The quantitative estimate of drug-likeness (QED) is 0.405. The van der Waals surface area contributed by atoms with Crippen LogP contribution in [0.3, 0.4) is 0 Å². The lowest BCUT2D eigenvalue weighted by Gasteiger charge is -2.27. The van der Waals surface area contributed by atoms with Crippen molar-refractivity contribution in [2.75, 3.05) is 36.9 Å². The molecule has 1 saturated heterocycles. The number of aromatic nitrogens is 2. The van der Waals surface area contributed by atoms with E-state index in [9.17, 15) is 4.79 Å². The number of carbonyl (C=O) groups excluding carboxylic acids is 1. The van der Waals surface area contributed by atoms with E-state index in [-0.39, 0.29) is 11.8 Å². The molecule has 9 nitrogen and oxygen atoms in total. The monoisotopic (exact) mass is 352 g/mol. The molecule has 0 radical (unpaired) electrons. The maximum absolute atomic E-state index is 12.0. The van der Waals surface area contributed by atoms with Crippen molar-refractivity contribution in [3.05, 3.63) is 23.6 Å². The van der Waals surface area contributed by atoms with E-state index in [2.05, 4.69) is 20.1 Å². The fourth-order valence-corrected chi connectivity index (χ4v) is 2.19. The van der Waals surface area contributed by atoms with Crippen molar-refractivity contribution in [3.63, 3.8) is 0 Å². The number of morpholine rings is 1. The third-order valence-electron chi connectivity index (χ3n) is 3.45. The van der Waals surface area contributed by atoms with Gasteiger partial charge in [-0.1, -0.05) is 13.8 Å². The van der Waals surface area contributed by atoms with Crippen LogP contribution in [0.5, 0.6) is 0 Å². The maximum Gasteiger partial charge on any atom is 0.289 e. The molecular formula is C16H28N6O3. The lowest BCUT2D eigenvalue weighted by atomic mass is 10.2. The Morgan fingerprint density at radius 2 is 2.04 bits per heavy atom. The summed E-state index contributed by atoms with van der Waals surface area (Å²) in [6.45, 7) is 10.1. The molecule has 25 heavy (non-hydrogen) atoms. The molecule has 2 rings (SSSR count). The summed E-state index contributed by atoms with van der Waals surface area (Å²) in [5.74, 6) is 5.54. The van der Waals surface area contributed by atoms with Gasteiger partial charge in [-0.2, -0.15) is 10.9 Å². The molecule has 1 amide bonds. The van der Waals surface area contributed by atoms with Gasteiger partial charge in [0.15, 0.2) is 0 Å². The molecule has 1 unspecified atom stereocenters. The molecular weight excluding hydrogens is 324 g/mol. The lowest BCUT2D eigenvalue weighted by Crippen LogP contribution is -2.38. The average Bonchev–Trinajstić information content (AvgIpc) is 2.64. The van der Waals surface area contributed by atoms with Gasteiger partial charge in [-0.15, -0.1) is 0 Å². The molecule has 140 valence electrons. The Bertz CT molecular complexity index is 587. The van der Waals surface area contributed by atoms with Crippen LogP contribution in [0, 0.1) is 0 Å². The second-order valence-corrected chi connectivity index (χ2v) is 5.08. The zero-order chi connectivity index (χ0) is 18.8. The van der Waals surface area contributed by atoms with Crippen molar-refractivity contribution in [2.24, 2.45) is 5.90 Å². The number of hydrogen-bond acceptors (Lipinski definition) is 8. The van der Waals surface area contributed by atoms with Crippen molar-refractivity contribution in [3.8, 4) is 0 Å². The lowest BCUT2D eigenvalue weighted by molar-refractivity contribution is -0.121. The van der Waals surface area contributed by atoms with E-state index in [1.807, 2.05) is 18.7 Å². The van der Waals surface area contributed by atoms with Gasteiger partial charge in [0.05, 0.1) is 24.9 Å². The molecule has 5 N–H and O–H groups in total. The average molecular weight is 352 g/mol. The molecule has 1 fully saturated rings. The number of allylic oxidation sites excluding steroid dienone is 1. The van der Waals surface area contributed by atoms with Gasteiger partial charge in [-0.3, -0.25) is 4.79 Å². The Hall–Kier alpha value is -2.39. The second-order valence-electron chi connectivity index (χ2n) is 5.08. The zero-order valence-electron chi connectivity index (χ0n) is 15.3. The molecule has 1 atom stereocenters. The minimum absolute atomic E-state index is 0.0345. The summed E-state index contributed by atoms with van der Waals surface area (Å²) in [6.07, 6.45) is 1.48. The number of hydrogen-bond donors (Lipinski definition) is 3. The van der Waals surface area contributed by atoms with Gasteiger partial charge in [0.2, 0.25) is 11.7 Å². The number of ether oxygens (including phenoxy) is 1. The van der Waals surface area contributed by atoms with Crippen LogP contribution in [0.15, 0.2) is 17.9 Å². The van der Waals surface area contributed by atoms with Gasteiger partial charge >= 0.3 is 0 Å². The minimum atomic E-state index is -0.424. The van der Waals surface area contributed by atoms with Crippen LogP contribution >= 0.6 is 0 Å². The number of nitrogens with two attached hydrogens (primary N) is 2. The molecule has 0 saturated carbocycles. The van der Waals surface area contributed by atoms with Gasteiger partial charge in [-0.25, -0.2) is 4.98 Å². The first-order valence-electron chi connectivity index (χ1n) is 8.36. The van der Waals surface area contributed by atoms with Crippen LogP contribution in [0.4, 0.5) is 11.8 Å². The van der Waals surface area contributed by atoms with E-state index >= 15 is 0 Å². The molecule has 2 heterocycles. The first-order chi connectivity index (χ1) is 12.0. The molecule has 1 aromatic heterocycles. The van der Waals surface area contributed by atoms with Crippen molar-refractivity contribution in [1.82, 2.24) is 15.3 Å².